The van der Waals surface area contributed by atoms with E-state index in [1.165, 1.54) is 20.3 Å². The Balaban J connectivity index is 2.43. The summed E-state index contributed by atoms with van der Waals surface area (Å²) in [4.78, 5) is 37.5. The van der Waals surface area contributed by atoms with Gasteiger partial charge in [0.05, 0.1) is 14.2 Å². The lowest BCUT2D eigenvalue weighted by atomic mass is 10.0. The first-order valence-electron chi connectivity index (χ1n) is 10.5. The van der Waals surface area contributed by atoms with Crippen LogP contribution in [-0.2, 0) is 9.59 Å². The predicted octanol–water partition coefficient (Wildman–Crippen LogP) is 3.40. The third kappa shape index (κ3) is 7.38. The Bertz CT molecular complexity index is 1030. The summed E-state index contributed by atoms with van der Waals surface area (Å²) >= 11 is 0. The maximum atomic E-state index is 13.1. The number of rotatable bonds is 10. The zero-order valence-electron chi connectivity index (χ0n) is 19.5. The molecule has 0 fully saturated rings. The molecular formula is C25H30N2O6. The number of aryl methyl sites for hydroxylation is 1. The molecule has 0 saturated carbocycles. The first kappa shape index (κ1) is 25.5. The molecule has 0 aliphatic rings. The van der Waals surface area contributed by atoms with Crippen molar-refractivity contribution < 1.29 is 29.0 Å². The molecule has 2 rings (SSSR count). The van der Waals surface area contributed by atoms with Gasteiger partial charge in [-0.25, -0.2) is 4.79 Å². The molecule has 2 amide bonds. The number of aliphatic carboxylic acids is 1. The number of carboxylic acids is 1. The van der Waals surface area contributed by atoms with Crippen molar-refractivity contribution in [3.8, 4) is 11.5 Å². The molecule has 2 aromatic rings. The number of nitrogens with one attached hydrogen (secondary N) is 2. The van der Waals surface area contributed by atoms with Crippen molar-refractivity contribution in [3.05, 3.63) is 64.9 Å². The van der Waals surface area contributed by atoms with Crippen LogP contribution in [0.4, 0.5) is 0 Å². The lowest BCUT2D eigenvalue weighted by molar-refractivity contribution is -0.141. The minimum Gasteiger partial charge on any atom is -0.497 e. The summed E-state index contributed by atoms with van der Waals surface area (Å²) in [5, 5.41) is 14.6. The van der Waals surface area contributed by atoms with Gasteiger partial charge in [-0.2, -0.15) is 0 Å². The van der Waals surface area contributed by atoms with Gasteiger partial charge in [-0.3, -0.25) is 9.59 Å². The Hall–Kier alpha value is -3.81. The largest absolute Gasteiger partial charge is 0.497 e. The molecule has 0 saturated heterocycles. The second-order valence-corrected chi connectivity index (χ2v) is 7.98. The molecule has 2 aromatic carbocycles. The van der Waals surface area contributed by atoms with Crippen molar-refractivity contribution in [1.82, 2.24) is 10.6 Å². The molecule has 8 nitrogen and oxygen atoms in total. The summed E-state index contributed by atoms with van der Waals surface area (Å²) in [5.74, 6) is -1.35. The van der Waals surface area contributed by atoms with Gasteiger partial charge in [-0.1, -0.05) is 31.5 Å². The highest BCUT2D eigenvalue weighted by molar-refractivity contribution is 6.06. The van der Waals surface area contributed by atoms with Crippen LogP contribution in [0.5, 0.6) is 11.5 Å². The number of hydrogen-bond donors (Lipinski definition) is 3. The zero-order chi connectivity index (χ0) is 24.5. The van der Waals surface area contributed by atoms with Gasteiger partial charge in [0.2, 0.25) is 0 Å². The summed E-state index contributed by atoms with van der Waals surface area (Å²) in [6, 6.07) is 10.8. The molecule has 0 aliphatic heterocycles. The van der Waals surface area contributed by atoms with Crippen molar-refractivity contribution in [2.75, 3.05) is 14.2 Å². The topological polar surface area (TPSA) is 114 Å². The average Bonchev–Trinajstić information content (AvgIpc) is 2.78. The lowest BCUT2D eigenvalue weighted by Crippen LogP contribution is -2.45. The number of carboxylic acid groups (broad SMARTS) is 1. The standard InChI is InChI=1S/C25H30N2O6/c1-15(2)12-21(25(30)31)27-24(29)20(26-23(28)17-8-6-16(3)7-9-17)13-18-10-11-19(32-4)14-22(18)33-5/h6-11,13-15,21H,12H2,1-5H3,(H,26,28)(H,27,29)(H,30,31). The summed E-state index contributed by atoms with van der Waals surface area (Å²) in [5.41, 5.74) is 1.74. The average molecular weight is 455 g/mol. The quantitative estimate of drug-likeness (QED) is 0.474. The van der Waals surface area contributed by atoms with Gasteiger partial charge < -0.3 is 25.2 Å². The first-order chi connectivity index (χ1) is 15.6. The van der Waals surface area contributed by atoms with Crippen LogP contribution in [0.1, 0.15) is 41.8 Å². The van der Waals surface area contributed by atoms with Crippen LogP contribution >= 0.6 is 0 Å². The molecule has 0 spiro atoms. The molecule has 0 aliphatic carbocycles. The first-order valence-corrected chi connectivity index (χ1v) is 10.5. The second kappa shape index (κ2) is 11.7. The van der Waals surface area contributed by atoms with Gasteiger partial charge in [-0.05, 0) is 49.6 Å². The molecule has 8 heteroatoms. The van der Waals surface area contributed by atoms with Crippen LogP contribution in [0.25, 0.3) is 6.08 Å². The highest BCUT2D eigenvalue weighted by Crippen LogP contribution is 2.26. The van der Waals surface area contributed by atoms with E-state index in [0.717, 1.165) is 5.56 Å². The van der Waals surface area contributed by atoms with Crippen molar-refractivity contribution in [3.63, 3.8) is 0 Å². The molecule has 1 unspecified atom stereocenters. The minimum atomic E-state index is -1.15. The number of carbonyl (C=O) groups is 3. The lowest BCUT2D eigenvalue weighted by Gasteiger charge is -2.18. The van der Waals surface area contributed by atoms with Crippen LogP contribution in [0, 0.1) is 12.8 Å². The SMILES string of the molecule is COc1ccc(C=C(NC(=O)c2ccc(C)cc2)C(=O)NC(CC(C)C)C(=O)O)c(OC)c1. The number of ether oxygens (including phenoxy) is 2. The maximum absolute atomic E-state index is 13.1. The Labute approximate surface area is 193 Å². The third-order valence-electron chi connectivity index (χ3n) is 4.86. The van der Waals surface area contributed by atoms with E-state index in [9.17, 15) is 19.5 Å². The van der Waals surface area contributed by atoms with Crippen LogP contribution in [-0.4, -0.2) is 43.2 Å². The fourth-order valence-corrected chi connectivity index (χ4v) is 3.08. The fraction of sp³-hybridized carbons (Fsp3) is 0.320. The Morgan fingerprint density at radius 2 is 1.70 bits per heavy atom. The highest BCUT2D eigenvalue weighted by atomic mass is 16.5. The van der Waals surface area contributed by atoms with E-state index in [1.807, 2.05) is 20.8 Å². The monoisotopic (exact) mass is 454 g/mol. The van der Waals surface area contributed by atoms with Crippen LogP contribution in [0.3, 0.4) is 0 Å². The number of benzene rings is 2. The second-order valence-electron chi connectivity index (χ2n) is 7.98. The fourth-order valence-electron chi connectivity index (χ4n) is 3.08. The van der Waals surface area contributed by atoms with E-state index in [0.29, 0.717) is 22.6 Å². The van der Waals surface area contributed by atoms with Gasteiger partial charge in [0, 0.05) is 17.2 Å². The molecule has 0 radical (unpaired) electrons. The molecule has 3 N–H and O–H groups in total. The Kier molecular flexibility index (Phi) is 9.03. The van der Waals surface area contributed by atoms with Crippen LogP contribution in [0.2, 0.25) is 0 Å². The molecule has 1 atom stereocenters. The van der Waals surface area contributed by atoms with E-state index in [2.05, 4.69) is 10.6 Å². The van der Waals surface area contributed by atoms with Crippen molar-refractivity contribution >= 4 is 23.9 Å². The Morgan fingerprint density at radius 1 is 1.03 bits per heavy atom. The molecular weight excluding hydrogens is 424 g/mol. The maximum Gasteiger partial charge on any atom is 0.326 e. The number of amides is 2. The minimum absolute atomic E-state index is 0.0441. The Morgan fingerprint density at radius 3 is 2.24 bits per heavy atom. The molecule has 0 aromatic heterocycles. The molecule has 0 bridgehead atoms. The smallest absolute Gasteiger partial charge is 0.326 e. The molecule has 33 heavy (non-hydrogen) atoms. The molecule has 0 heterocycles. The van der Waals surface area contributed by atoms with Crippen LogP contribution in [0.15, 0.2) is 48.2 Å². The molecule has 176 valence electrons. The predicted molar refractivity (Wildman–Crippen MR) is 125 cm³/mol. The zero-order valence-corrected chi connectivity index (χ0v) is 19.5. The van der Waals surface area contributed by atoms with Crippen molar-refractivity contribution in [2.24, 2.45) is 5.92 Å². The summed E-state index contributed by atoms with van der Waals surface area (Å²) < 4.78 is 10.6. The van der Waals surface area contributed by atoms with Gasteiger partial charge >= 0.3 is 5.97 Å². The number of hydrogen-bond acceptors (Lipinski definition) is 5. The number of methoxy groups -OCH3 is 2. The van der Waals surface area contributed by atoms with Crippen molar-refractivity contribution in [1.29, 1.82) is 0 Å². The van der Waals surface area contributed by atoms with Gasteiger partial charge in [0.15, 0.2) is 0 Å². The van der Waals surface area contributed by atoms with Crippen molar-refractivity contribution in [2.45, 2.75) is 33.2 Å². The summed E-state index contributed by atoms with van der Waals surface area (Å²) in [6.07, 6.45) is 1.68. The van der Waals surface area contributed by atoms with E-state index in [4.69, 9.17) is 9.47 Å². The normalized spacial score (nSPS) is 12.1. The van der Waals surface area contributed by atoms with E-state index >= 15 is 0 Å². The third-order valence-corrected chi connectivity index (χ3v) is 4.86. The van der Waals surface area contributed by atoms with Gasteiger partial charge in [0.1, 0.15) is 23.2 Å². The number of carbonyl (C=O) groups excluding carboxylic acids is 2. The van der Waals surface area contributed by atoms with E-state index in [-0.39, 0.29) is 18.0 Å². The summed E-state index contributed by atoms with van der Waals surface area (Å²) in [7, 11) is 2.99. The van der Waals surface area contributed by atoms with E-state index in [1.54, 1.807) is 42.5 Å². The highest BCUT2D eigenvalue weighted by Gasteiger charge is 2.24. The summed E-state index contributed by atoms with van der Waals surface area (Å²) in [6.45, 7) is 5.62. The van der Waals surface area contributed by atoms with Gasteiger partial charge in [0.25, 0.3) is 11.8 Å². The van der Waals surface area contributed by atoms with Gasteiger partial charge in [-0.15, -0.1) is 0 Å². The van der Waals surface area contributed by atoms with E-state index < -0.39 is 23.8 Å². The van der Waals surface area contributed by atoms with Crippen LogP contribution < -0.4 is 20.1 Å².